The summed E-state index contributed by atoms with van der Waals surface area (Å²) in [5.74, 6) is 1.35. The Morgan fingerprint density at radius 3 is 2.24 bits per heavy atom. The molecule has 2 N–H and O–H groups in total. The maximum Gasteiger partial charge on any atom is 0.322 e. The van der Waals surface area contributed by atoms with Crippen molar-refractivity contribution >= 4 is 23.4 Å². The number of ether oxygens (including phenoxy) is 2. The van der Waals surface area contributed by atoms with E-state index in [1.54, 1.807) is 37.1 Å². The highest BCUT2D eigenvalue weighted by Crippen LogP contribution is 2.28. The Bertz CT molecular complexity index is 1240. The van der Waals surface area contributed by atoms with Crippen LogP contribution in [0.2, 0.25) is 0 Å². The van der Waals surface area contributed by atoms with E-state index >= 15 is 0 Å². The van der Waals surface area contributed by atoms with Crippen LogP contribution in [-0.4, -0.2) is 53.9 Å². The van der Waals surface area contributed by atoms with Crippen LogP contribution < -0.4 is 20.1 Å². The Hall–Kier alpha value is -4.01. The molecule has 0 unspecified atom stereocenters. The normalized spacial score (nSPS) is 11.1. The molecule has 0 aliphatic heterocycles. The smallest absolute Gasteiger partial charge is 0.322 e. The van der Waals surface area contributed by atoms with Crippen LogP contribution in [0, 0.1) is 6.92 Å². The van der Waals surface area contributed by atoms with Crippen molar-refractivity contribution in [1.82, 2.24) is 14.7 Å². The largest absolute Gasteiger partial charge is 0.497 e. The number of unbranched alkanes of at least 4 members (excludes halogenated alkanes) is 1. The number of nitrogens with zero attached hydrogens (tertiary/aromatic N) is 3. The van der Waals surface area contributed by atoms with Crippen LogP contribution in [0.3, 0.4) is 0 Å². The van der Waals surface area contributed by atoms with Crippen LogP contribution in [-0.2, 0) is 10.2 Å². The summed E-state index contributed by atoms with van der Waals surface area (Å²) in [6.07, 6.45) is 1.64. The first-order valence-corrected chi connectivity index (χ1v) is 12.8. The monoisotopic (exact) mass is 521 g/mol. The highest BCUT2D eigenvalue weighted by molar-refractivity contribution is 5.97. The molecular formula is C29H39N5O4. The molecule has 0 bridgehead atoms. The van der Waals surface area contributed by atoms with Gasteiger partial charge in [0.05, 0.1) is 25.6 Å². The number of hydrogen-bond acceptors (Lipinski definition) is 5. The van der Waals surface area contributed by atoms with Gasteiger partial charge in [0.15, 0.2) is 0 Å². The molecule has 0 spiro atoms. The number of methoxy groups -OCH3 is 2. The number of aryl methyl sites for hydroxylation is 1. The minimum atomic E-state index is -0.383. The molecule has 0 aliphatic rings. The van der Waals surface area contributed by atoms with Gasteiger partial charge in [-0.15, -0.1) is 0 Å². The molecule has 1 heterocycles. The molecular weight excluding hydrogens is 482 g/mol. The number of carbonyl (C=O) groups is 2. The second kappa shape index (κ2) is 12.5. The van der Waals surface area contributed by atoms with Gasteiger partial charge in [0.1, 0.15) is 23.9 Å². The number of rotatable bonds is 10. The Kier molecular flexibility index (Phi) is 9.39. The number of hydrogen-bond donors (Lipinski definition) is 2. The summed E-state index contributed by atoms with van der Waals surface area (Å²) >= 11 is 0. The molecule has 3 amide bonds. The maximum absolute atomic E-state index is 13.3. The van der Waals surface area contributed by atoms with Crippen LogP contribution in [0.25, 0.3) is 5.69 Å². The van der Waals surface area contributed by atoms with E-state index in [-0.39, 0.29) is 23.9 Å². The van der Waals surface area contributed by atoms with Crippen LogP contribution in [0.15, 0.2) is 48.5 Å². The average Bonchev–Trinajstić information content (AvgIpc) is 3.30. The zero-order chi connectivity index (χ0) is 27.9. The highest BCUT2D eigenvalue weighted by atomic mass is 16.5. The molecule has 2 aromatic carbocycles. The maximum atomic E-state index is 13.3. The van der Waals surface area contributed by atoms with E-state index in [0.717, 1.165) is 29.8 Å². The SMILES string of the molecule is CCCCN(CC(=O)Nc1cc(C(C)(C)C)nn1-c1ccccc1C)C(=O)Nc1cc(OC)cc(OC)c1. The molecule has 0 saturated heterocycles. The zero-order valence-electron chi connectivity index (χ0n) is 23.4. The number of carbonyl (C=O) groups excluding carboxylic acids is 2. The van der Waals surface area contributed by atoms with Crippen molar-refractivity contribution in [1.29, 1.82) is 0 Å². The average molecular weight is 522 g/mol. The third-order valence-electron chi connectivity index (χ3n) is 6.09. The van der Waals surface area contributed by atoms with Gasteiger partial charge in [-0.2, -0.15) is 5.10 Å². The standard InChI is InChI=1S/C29H39N5O4/c1-8-9-14-33(28(36)30-21-15-22(37-6)17-23(16-21)38-7)19-27(35)31-26-18-25(29(3,4)5)32-34(26)24-13-11-10-12-20(24)2/h10-13,15-18H,8-9,14,19H2,1-7H3,(H,30,36)(H,31,35). The van der Waals surface area contributed by atoms with E-state index in [1.807, 2.05) is 44.2 Å². The van der Waals surface area contributed by atoms with Gasteiger partial charge in [-0.25, -0.2) is 9.48 Å². The molecule has 0 saturated carbocycles. The van der Waals surface area contributed by atoms with E-state index in [2.05, 4.69) is 31.4 Å². The van der Waals surface area contributed by atoms with Crippen molar-refractivity contribution in [3.63, 3.8) is 0 Å². The lowest BCUT2D eigenvalue weighted by Crippen LogP contribution is -2.41. The number of amides is 3. The number of aromatic nitrogens is 2. The first kappa shape index (κ1) is 28.6. The van der Waals surface area contributed by atoms with Gasteiger partial charge in [-0.3, -0.25) is 4.79 Å². The van der Waals surface area contributed by atoms with E-state index < -0.39 is 0 Å². The van der Waals surface area contributed by atoms with E-state index in [4.69, 9.17) is 14.6 Å². The fraction of sp³-hybridized carbons (Fsp3) is 0.414. The lowest BCUT2D eigenvalue weighted by atomic mass is 9.92. The molecule has 9 nitrogen and oxygen atoms in total. The first-order valence-electron chi connectivity index (χ1n) is 12.8. The fourth-order valence-corrected chi connectivity index (χ4v) is 3.86. The topological polar surface area (TPSA) is 97.7 Å². The summed E-state index contributed by atoms with van der Waals surface area (Å²) in [4.78, 5) is 28.0. The predicted molar refractivity (Wildman–Crippen MR) is 151 cm³/mol. The van der Waals surface area contributed by atoms with Crippen molar-refractivity contribution in [3.05, 3.63) is 59.8 Å². The number of nitrogens with one attached hydrogen (secondary N) is 2. The zero-order valence-corrected chi connectivity index (χ0v) is 23.4. The molecule has 9 heteroatoms. The Balaban J connectivity index is 1.83. The van der Waals surface area contributed by atoms with Crippen molar-refractivity contribution < 1.29 is 19.1 Å². The summed E-state index contributed by atoms with van der Waals surface area (Å²) in [6.45, 7) is 10.6. The van der Waals surface area contributed by atoms with Crippen molar-refractivity contribution in [2.75, 3.05) is 37.9 Å². The second-order valence-electron chi connectivity index (χ2n) is 10.2. The van der Waals surface area contributed by atoms with Gasteiger partial charge in [0, 0.05) is 41.9 Å². The van der Waals surface area contributed by atoms with Gasteiger partial charge in [-0.05, 0) is 25.0 Å². The van der Waals surface area contributed by atoms with Crippen molar-refractivity contribution in [3.8, 4) is 17.2 Å². The number of urea groups is 1. The third kappa shape index (κ3) is 7.27. The fourth-order valence-electron chi connectivity index (χ4n) is 3.86. The van der Waals surface area contributed by atoms with Gasteiger partial charge in [-0.1, -0.05) is 52.3 Å². The Morgan fingerprint density at radius 2 is 1.66 bits per heavy atom. The third-order valence-corrected chi connectivity index (χ3v) is 6.09. The minimum absolute atomic E-state index is 0.114. The number of anilines is 2. The Morgan fingerprint density at radius 1 is 1.00 bits per heavy atom. The summed E-state index contributed by atoms with van der Waals surface area (Å²) in [5, 5.41) is 10.7. The lowest BCUT2D eigenvalue weighted by molar-refractivity contribution is -0.116. The Labute approximate surface area is 225 Å². The van der Waals surface area contributed by atoms with E-state index in [9.17, 15) is 9.59 Å². The van der Waals surface area contributed by atoms with Gasteiger partial charge >= 0.3 is 6.03 Å². The summed E-state index contributed by atoms with van der Waals surface area (Å²) in [5.41, 5.74) is 3.07. The van der Waals surface area contributed by atoms with E-state index in [0.29, 0.717) is 29.5 Å². The summed E-state index contributed by atoms with van der Waals surface area (Å²) in [7, 11) is 3.09. The minimum Gasteiger partial charge on any atom is -0.497 e. The van der Waals surface area contributed by atoms with Crippen LogP contribution in [0.5, 0.6) is 11.5 Å². The summed E-state index contributed by atoms with van der Waals surface area (Å²) in [6, 6.07) is 14.5. The van der Waals surface area contributed by atoms with Crippen LogP contribution in [0.4, 0.5) is 16.3 Å². The molecule has 38 heavy (non-hydrogen) atoms. The molecule has 3 rings (SSSR count). The number of para-hydroxylation sites is 1. The molecule has 1 aromatic heterocycles. The van der Waals surface area contributed by atoms with Crippen molar-refractivity contribution in [2.45, 2.75) is 52.9 Å². The molecule has 204 valence electrons. The van der Waals surface area contributed by atoms with Crippen LogP contribution >= 0.6 is 0 Å². The molecule has 3 aromatic rings. The van der Waals surface area contributed by atoms with Gasteiger partial charge in [0.2, 0.25) is 5.91 Å². The number of benzene rings is 2. The van der Waals surface area contributed by atoms with Gasteiger partial charge < -0.3 is 25.0 Å². The predicted octanol–water partition coefficient (Wildman–Crippen LogP) is 5.77. The van der Waals surface area contributed by atoms with E-state index in [1.165, 1.54) is 4.90 Å². The second-order valence-corrected chi connectivity index (χ2v) is 10.2. The van der Waals surface area contributed by atoms with Crippen molar-refractivity contribution in [2.24, 2.45) is 0 Å². The summed E-state index contributed by atoms with van der Waals surface area (Å²) < 4.78 is 12.4. The molecule has 0 atom stereocenters. The highest BCUT2D eigenvalue weighted by Gasteiger charge is 2.23. The molecule has 0 fully saturated rings. The quantitative estimate of drug-likeness (QED) is 0.353. The van der Waals surface area contributed by atoms with Crippen LogP contribution in [0.1, 0.15) is 51.8 Å². The first-order chi connectivity index (χ1) is 18.0. The molecule has 0 radical (unpaired) electrons. The lowest BCUT2D eigenvalue weighted by Gasteiger charge is -2.23. The molecule has 0 aliphatic carbocycles. The van der Waals surface area contributed by atoms with Gasteiger partial charge in [0.25, 0.3) is 0 Å².